The van der Waals surface area contributed by atoms with Crippen LogP contribution < -0.4 is 16.0 Å². The highest BCUT2D eigenvalue weighted by atomic mass is 16.5. The highest BCUT2D eigenvalue weighted by molar-refractivity contribution is 5.77. The van der Waals surface area contributed by atoms with Crippen LogP contribution in [0.4, 0.5) is 0 Å². The number of H-pyrrole nitrogens is 1. The van der Waals surface area contributed by atoms with E-state index in [0.717, 1.165) is 23.1 Å². The lowest BCUT2D eigenvalue weighted by molar-refractivity contribution is 0.306. The van der Waals surface area contributed by atoms with Crippen LogP contribution in [-0.4, -0.2) is 19.1 Å². The predicted octanol–water partition coefficient (Wildman–Crippen LogP) is 4.59. The molecule has 0 aliphatic heterocycles. The number of aromatic nitrogens is 4. The van der Waals surface area contributed by atoms with Gasteiger partial charge in [0.05, 0.1) is 6.54 Å². The highest BCUT2D eigenvalue weighted by Gasteiger charge is 2.20. The summed E-state index contributed by atoms with van der Waals surface area (Å²) in [5.74, 6) is 1.34. The van der Waals surface area contributed by atoms with Crippen LogP contribution in [-0.2, 0) is 19.7 Å². The van der Waals surface area contributed by atoms with E-state index in [-0.39, 0.29) is 0 Å². The van der Waals surface area contributed by atoms with Gasteiger partial charge in [-0.2, -0.15) is 0 Å². The Morgan fingerprint density at radius 3 is 2.29 bits per heavy atom. The second-order valence-electron chi connectivity index (χ2n) is 8.39. The standard InChI is InChI=1S/C28H26N4O3/c1-2-16-31-24-26(32(28(34)30-27(24)33)18-20-10-5-3-6-11-20)29-25(31)22-14-9-15-23(17-22)35-19-21-12-7-4-8-13-21/h3-15,17H,2,16,18-19H2,1H3,(H,30,33,34). The van der Waals surface area contributed by atoms with Gasteiger partial charge in [0.15, 0.2) is 11.2 Å². The van der Waals surface area contributed by atoms with Gasteiger partial charge in [-0.15, -0.1) is 0 Å². The number of nitrogens with one attached hydrogen (secondary N) is 1. The molecule has 0 atom stereocenters. The molecule has 0 aliphatic carbocycles. The van der Waals surface area contributed by atoms with Crippen LogP contribution in [0.2, 0.25) is 0 Å². The number of ether oxygens (including phenoxy) is 1. The summed E-state index contributed by atoms with van der Waals surface area (Å²) in [6, 6.07) is 27.3. The van der Waals surface area contributed by atoms with E-state index in [4.69, 9.17) is 9.72 Å². The molecule has 0 radical (unpaired) electrons. The molecule has 0 unspecified atom stereocenters. The minimum absolute atomic E-state index is 0.315. The first-order chi connectivity index (χ1) is 17.1. The summed E-state index contributed by atoms with van der Waals surface area (Å²) >= 11 is 0. The lowest BCUT2D eigenvalue weighted by Crippen LogP contribution is -2.31. The van der Waals surface area contributed by atoms with Crippen LogP contribution >= 0.6 is 0 Å². The third-order valence-corrected chi connectivity index (χ3v) is 5.86. The number of fused-ring (bicyclic) bond motifs is 1. The fourth-order valence-corrected chi connectivity index (χ4v) is 4.21. The van der Waals surface area contributed by atoms with Crippen molar-refractivity contribution in [2.75, 3.05) is 0 Å². The van der Waals surface area contributed by atoms with Crippen molar-refractivity contribution in [3.63, 3.8) is 0 Å². The minimum atomic E-state index is -0.473. The SMILES string of the molecule is CCCn1c(-c2cccc(OCc3ccccc3)c2)nc2c1c(=O)[nH]c(=O)n2Cc1ccccc1. The first-order valence-electron chi connectivity index (χ1n) is 11.7. The number of nitrogens with zero attached hydrogens (tertiary/aromatic N) is 3. The first-order valence-corrected chi connectivity index (χ1v) is 11.7. The van der Waals surface area contributed by atoms with Crippen molar-refractivity contribution >= 4 is 11.2 Å². The molecule has 7 nitrogen and oxygen atoms in total. The molecule has 5 aromatic rings. The molecule has 3 aromatic carbocycles. The number of hydrogen-bond donors (Lipinski definition) is 1. The molecule has 0 spiro atoms. The van der Waals surface area contributed by atoms with Gasteiger partial charge in [-0.3, -0.25) is 14.3 Å². The van der Waals surface area contributed by atoms with Gasteiger partial charge in [0.2, 0.25) is 0 Å². The summed E-state index contributed by atoms with van der Waals surface area (Å²) in [5, 5.41) is 0. The minimum Gasteiger partial charge on any atom is -0.489 e. The smallest absolute Gasteiger partial charge is 0.330 e. The Hall–Kier alpha value is -4.39. The van der Waals surface area contributed by atoms with Gasteiger partial charge in [-0.25, -0.2) is 9.78 Å². The molecule has 0 saturated heterocycles. The van der Waals surface area contributed by atoms with Gasteiger partial charge in [0.1, 0.15) is 18.2 Å². The Bertz CT molecular complexity index is 1570. The molecule has 7 heteroatoms. The van der Waals surface area contributed by atoms with Gasteiger partial charge in [0.25, 0.3) is 5.56 Å². The van der Waals surface area contributed by atoms with Gasteiger partial charge >= 0.3 is 5.69 Å². The molecule has 0 saturated carbocycles. The topological polar surface area (TPSA) is 81.9 Å². The molecule has 5 rings (SSSR count). The Kier molecular flexibility index (Phi) is 6.30. The number of rotatable bonds is 8. The Labute approximate surface area is 202 Å². The van der Waals surface area contributed by atoms with E-state index < -0.39 is 11.2 Å². The zero-order chi connectivity index (χ0) is 24.2. The molecule has 176 valence electrons. The number of aromatic amines is 1. The van der Waals surface area contributed by atoms with E-state index in [1.54, 1.807) is 0 Å². The third-order valence-electron chi connectivity index (χ3n) is 5.86. The number of aryl methyl sites for hydroxylation is 1. The Morgan fingerprint density at radius 2 is 1.57 bits per heavy atom. The van der Waals surface area contributed by atoms with Gasteiger partial charge in [0, 0.05) is 12.1 Å². The number of hydrogen-bond acceptors (Lipinski definition) is 4. The molecule has 35 heavy (non-hydrogen) atoms. The van der Waals surface area contributed by atoms with Gasteiger partial charge in [-0.05, 0) is 29.7 Å². The van der Waals surface area contributed by atoms with Crippen LogP contribution in [0.15, 0.2) is 94.5 Å². The van der Waals surface area contributed by atoms with Crippen molar-refractivity contribution in [2.24, 2.45) is 0 Å². The zero-order valence-electron chi connectivity index (χ0n) is 19.5. The highest BCUT2D eigenvalue weighted by Crippen LogP contribution is 2.27. The van der Waals surface area contributed by atoms with Crippen molar-refractivity contribution in [1.82, 2.24) is 19.1 Å². The van der Waals surface area contributed by atoms with E-state index in [1.807, 2.05) is 96.4 Å². The Balaban J connectivity index is 1.59. The molecule has 2 aromatic heterocycles. The van der Waals surface area contributed by atoms with Crippen molar-refractivity contribution in [3.05, 3.63) is 117 Å². The molecule has 0 amide bonds. The van der Waals surface area contributed by atoms with Crippen LogP contribution in [0.5, 0.6) is 5.75 Å². The van der Waals surface area contributed by atoms with E-state index >= 15 is 0 Å². The summed E-state index contributed by atoms with van der Waals surface area (Å²) in [7, 11) is 0. The van der Waals surface area contributed by atoms with E-state index in [9.17, 15) is 9.59 Å². The maximum absolute atomic E-state index is 12.9. The normalized spacial score (nSPS) is 11.1. The Morgan fingerprint density at radius 1 is 0.857 bits per heavy atom. The van der Waals surface area contributed by atoms with Crippen LogP contribution in [0.3, 0.4) is 0 Å². The quantitative estimate of drug-likeness (QED) is 0.363. The van der Waals surface area contributed by atoms with E-state index in [1.165, 1.54) is 4.57 Å². The maximum Gasteiger partial charge on any atom is 0.330 e. The summed E-state index contributed by atoms with van der Waals surface area (Å²) in [4.78, 5) is 33.0. The zero-order valence-corrected chi connectivity index (χ0v) is 19.5. The fraction of sp³-hybridized carbons (Fsp3) is 0.179. The molecule has 2 heterocycles. The second kappa shape index (κ2) is 9.85. The third kappa shape index (κ3) is 4.66. The molecule has 0 fully saturated rings. The fourth-order valence-electron chi connectivity index (χ4n) is 4.21. The van der Waals surface area contributed by atoms with Crippen LogP contribution in [0.1, 0.15) is 24.5 Å². The molecular weight excluding hydrogens is 440 g/mol. The second-order valence-corrected chi connectivity index (χ2v) is 8.39. The summed E-state index contributed by atoms with van der Waals surface area (Å²) in [6.07, 6.45) is 0.805. The molecule has 0 aliphatic rings. The monoisotopic (exact) mass is 466 g/mol. The maximum atomic E-state index is 12.9. The summed E-state index contributed by atoms with van der Waals surface area (Å²) in [6.45, 7) is 3.40. The lowest BCUT2D eigenvalue weighted by atomic mass is 10.2. The van der Waals surface area contributed by atoms with Gasteiger partial charge < -0.3 is 9.30 Å². The van der Waals surface area contributed by atoms with Crippen molar-refractivity contribution < 1.29 is 4.74 Å². The van der Waals surface area contributed by atoms with Crippen LogP contribution in [0, 0.1) is 0 Å². The van der Waals surface area contributed by atoms with Crippen molar-refractivity contribution in [3.8, 4) is 17.1 Å². The summed E-state index contributed by atoms with van der Waals surface area (Å²) in [5.41, 5.74) is 2.71. The van der Waals surface area contributed by atoms with Crippen molar-refractivity contribution in [2.45, 2.75) is 33.0 Å². The number of imidazole rings is 1. The largest absolute Gasteiger partial charge is 0.489 e. The first kappa shape index (κ1) is 22.4. The average molecular weight is 467 g/mol. The molecule has 0 bridgehead atoms. The predicted molar refractivity (Wildman–Crippen MR) is 137 cm³/mol. The van der Waals surface area contributed by atoms with Crippen molar-refractivity contribution in [1.29, 1.82) is 0 Å². The lowest BCUT2D eigenvalue weighted by Gasteiger charge is -2.10. The van der Waals surface area contributed by atoms with E-state index in [0.29, 0.717) is 42.4 Å². The van der Waals surface area contributed by atoms with E-state index in [2.05, 4.69) is 4.98 Å². The van der Waals surface area contributed by atoms with Crippen LogP contribution in [0.25, 0.3) is 22.6 Å². The molecular formula is C28H26N4O3. The summed E-state index contributed by atoms with van der Waals surface area (Å²) < 4.78 is 9.43. The van der Waals surface area contributed by atoms with Gasteiger partial charge in [-0.1, -0.05) is 79.7 Å². The number of benzene rings is 3. The molecule has 1 N–H and O–H groups in total. The average Bonchev–Trinajstić information content (AvgIpc) is 3.27.